The summed E-state index contributed by atoms with van der Waals surface area (Å²) in [5.74, 6) is 0. The maximum Gasteiger partial charge on any atom is -0.0129 e. The van der Waals surface area contributed by atoms with E-state index in [-0.39, 0.29) is 10.8 Å². The van der Waals surface area contributed by atoms with Gasteiger partial charge >= 0.3 is 0 Å². The van der Waals surface area contributed by atoms with Crippen LogP contribution in [0.25, 0.3) is 6.08 Å². The van der Waals surface area contributed by atoms with E-state index in [1.165, 1.54) is 33.4 Å². The van der Waals surface area contributed by atoms with Crippen LogP contribution in [0.3, 0.4) is 0 Å². The van der Waals surface area contributed by atoms with Crippen molar-refractivity contribution in [2.75, 3.05) is 0 Å². The summed E-state index contributed by atoms with van der Waals surface area (Å²) in [4.78, 5) is 0. The Hall–Kier alpha value is -1.82. The van der Waals surface area contributed by atoms with Gasteiger partial charge in [-0.05, 0) is 65.0 Å². The molecule has 0 nitrogen and oxygen atoms in total. The minimum absolute atomic E-state index is 0.184. The molecule has 0 bridgehead atoms. The lowest BCUT2D eigenvalue weighted by Gasteiger charge is -2.28. The van der Waals surface area contributed by atoms with E-state index in [2.05, 4.69) is 105 Å². The van der Waals surface area contributed by atoms with E-state index in [1.54, 1.807) is 0 Å². The summed E-state index contributed by atoms with van der Waals surface area (Å²) in [6, 6.07) is 13.0. The molecule has 0 aliphatic carbocycles. The molecule has 0 aromatic heterocycles. The minimum atomic E-state index is 0.184. The van der Waals surface area contributed by atoms with Crippen LogP contribution in [0.4, 0.5) is 0 Å². The topological polar surface area (TPSA) is 0 Å². The highest BCUT2D eigenvalue weighted by Crippen LogP contribution is 2.33. The monoisotopic (exact) mass is 336 g/mol. The Morgan fingerprint density at radius 3 is 1.56 bits per heavy atom. The van der Waals surface area contributed by atoms with Crippen LogP contribution < -0.4 is 0 Å². The normalized spacial score (nSPS) is 11.6. The van der Waals surface area contributed by atoms with Crippen molar-refractivity contribution in [3.63, 3.8) is 0 Å². The summed E-state index contributed by atoms with van der Waals surface area (Å²) in [5, 5.41) is 0. The summed E-state index contributed by atoms with van der Waals surface area (Å²) in [6.07, 6.45) is 1.97. The van der Waals surface area contributed by atoms with Gasteiger partial charge in [-0.2, -0.15) is 0 Å². The summed E-state index contributed by atoms with van der Waals surface area (Å²) < 4.78 is 0. The highest BCUT2D eigenvalue weighted by molar-refractivity contribution is 5.57. The van der Waals surface area contributed by atoms with Crippen molar-refractivity contribution in [2.24, 2.45) is 0 Å². The number of benzene rings is 2. The van der Waals surface area contributed by atoms with Gasteiger partial charge in [-0.15, -0.1) is 0 Å². The molecule has 0 amide bonds. The maximum absolute atomic E-state index is 3.94. The van der Waals surface area contributed by atoms with Gasteiger partial charge in [0.25, 0.3) is 0 Å². The van der Waals surface area contributed by atoms with Gasteiger partial charge in [0.1, 0.15) is 0 Å². The lowest BCUT2D eigenvalue weighted by atomic mass is 9.77. The Kier molecular flexibility index (Phi) is 6.82. The molecule has 0 atom stereocenters. The van der Waals surface area contributed by atoms with Crippen LogP contribution in [0.1, 0.15) is 74.9 Å². The van der Waals surface area contributed by atoms with E-state index in [1.807, 2.05) is 6.08 Å². The summed E-state index contributed by atoms with van der Waals surface area (Å²) in [7, 11) is 0. The molecule has 0 heterocycles. The van der Waals surface area contributed by atoms with E-state index < -0.39 is 0 Å². The predicted molar refractivity (Wildman–Crippen MR) is 115 cm³/mol. The molecule has 0 saturated carbocycles. The fourth-order valence-electron chi connectivity index (χ4n) is 2.82. The third-order valence-corrected chi connectivity index (χ3v) is 4.77. The van der Waals surface area contributed by atoms with Crippen LogP contribution >= 0.6 is 0 Å². The molecule has 0 radical (unpaired) electrons. The Labute approximate surface area is 156 Å². The lowest BCUT2D eigenvalue weighted by Crippen LogP contribution is -2.18. The first-order valence-corrected chi connectivity index (χ1v) is 9.18. The molecule has 2 aromatic carbocycles. The van der Waals surface area contributed by atoms with Crippen LogP contribution in [0, 0.1) is 20.8 Å². The van der Waals surface area contributed by atoms with E-state index in [0.717, 1.165) is 0 Å². The number of hydrogen-bond donors (Lipinski definition) is 0. The average molecular weight is 337 g/mol. The molecule has 0 aliphatic rings. The first-order chi connectivity index (χ1) is 11.4. The lowest BCUT2D eigenvalue weighted by molar-refractivity contribution is 0.565. The predicted octanol–water partition coefficient (Wildman–Crippen LogP) is 7.54. The van der Waals surface area contributed by atoms with E-state index in [4.69, 9.17) is 0 Å². The smallest absolute Gasteiger partial charge is 0.0129 e. The second-order valence-electron chi connectivity index (χ2n) is 9.03. The third kappa shape index (κ3) is 5.88. The molecule has 0 fully saturated rings. The van der Waals surface area contributed by atoms with Crippen molar-refractivity contribution < 1.29 is 0 Å². The number of hydrogen-bond acceptors (Lipinski definition) is 0. The van der Waals surface area contributed by atoms with Crippen molar-refractivity contribution in [1.82, 2.24) is 0 Å². The van der Waals surface area contributed by atoms with Crippen molar-refractivity contribution in [3.05, 3.63) is 76.4 Å². The molecule has 25 heavy (non-hydrogen) atoms. The Balaban J connectivity index is 0.000000324. The molecule has 136 valence electrons. The molecule has 0 aliphatic heterocycles. The molecular formula is C25H36. The Morgan fingerprint density at radius 1 is 0.760 bits per heavy atom. The second kappa shape index (κ2) is 8.04. The van der Waals surface area contributed by atoms with Crippen LogP contribution in [0.15, 0.2) is 43.0 Å². The molecule has 2 aromatic rings. The molecule has 0 spiro atoms. The number of aryl methyl sites for hydroxylation is 2. The molecular weight excluding hydrogens is 300 g/mol. The maximum atomic E-state index is 3.94. The zero-order valence-corrected chi connectivity index (χ0v) is 17.7. The fourth-order valence-corrected chi connectivity index (χ4v) is 2.82. The largest absolute Gasteiger partial charge is 0.0985 e. The quantitative estimate of drug-likeness (QED) is 0.504. The zero-order valence-electron chi connectivity index (χ0n) is 17.7. The summed E-state index contributed by atoms with van der Waals surface area (Å²) >= 11 is 0. The van der Waals surface area contributed by atoms with Crippen LogP contribution in [-0.4, -0.2) is 0 Å². The van der Waals surface area contributed by atoms with Crippen LogP contribution in [-0.2, 0) is 10.8 Å². The first-order valence-electron chi connectivity index (χ1n) is 9.18. The SMILES string of the molecule is C=Cc1cc(C(C)(C)C)cc(C(C)(C)C)c1C.Cc1ccccc1C. The van der Waals surface area contributed by atoms with Gasteiger partial charge in [0, 0.05) is 0 Å². The van der Waals surface area contributed by atoms with Crippen molar-refractivity contribution in [1.29, 1.82) is 0 Å². The molecule has 0 heteroatoms. The van der Waals surface area contributed by atoms with E-state index in [0.29, 0.717) is 0 Å². The molecule has 0 unspecified atom stereocenters. The third-order valence-electron chi connectivity index (χ3n) is 4.77. The summed E-state index contributed by atoms with van der Waals surface area (Å²) in [5.41, 5.74) is 8.56. The second-order valence-corrected chi connectivity index (χ2v) is 9.03. The average Bonchev–Trinajstić information content (AvgIpc) is 2.49. The first kappa shape index (κ1) is 21.2. The molecule has 0 N–H and O–H groups in total. The van der Waals surface area contributed by atoms with Gasteiger partial charge in [0.2, 0.25) is 0 Å². The Morgan fingerprint density at radius 2 is 1.24 bits per heavy atom. The summed E-state index contributed by atoms with van der Waals surface area (Å²) in [6.45, 7) is 24.0. The van der Waals surface area contributed by atoms with Gasteiger partial charge in [-0.1, -0.05) is 90.6 Å². The van der Waals surface area contributed by atoms with Crippen LogP contribution in [0.5, 0.6) is 0 Å². The minimum Gasteiger partial charge on any atom is -0.0985 e. The van der Waals surface area contributed by atoms with Crippen molar-refractivity contribution in [3.8, 4) is 0 Å². The van der Waals surface area contributed by atoms with Crippen molar-refractivity contribution >= 4 is 6.08 Å². The number of rotatable bonds is 1. The highest BCUT2D eigenvalue weighted by Gasteiger charge is 2.22. The molecule has 0 saturated heterocycles. The van der Waals surface area contributed by atoms with E-state index >= 15 is 0 Å². The van der Waals surface area contributed by atoms with Gasteiger partial charge in [-0.3, -0.25) is 0 Å². The van der Waals surface area contributed by atoms with Crippen LogP contribution in [0.2, 0.25) is 0 Å². The van der Waals surface area contributed by atoms with Crippen molar-refractivity contribution in [2.45, 2.75) is 73.1 Å². The fraction of sp³-hybridized carbons (Fsp3) is 0.440. The Bertz CT molecular complexity index is 698. The highest BCUT2D eigenvalue weighted by atomic mass is 14.3. The standard InChI is InChI=1S/C17H26.C8H10/c1-9-13-10-14(16(3,4)5)11-15(12(13)2)17(6,7)8;1-7-5-3-4-6-8(7)2/h9-11H,1H2,2-8H3;3-6H,1-2H3. The van der Waals surface area contributed by atoms with Gasteiger partial charge < -0.3 is 0 Å². The zero-order chi connectivity index (χ0) is 19.4. The van der Waals surface area contributed by atoms with Gasteiger partial charge in [0.15, 0.2) is 0 Å². The van der Waals surface area contributed by atoms with Gasteiger partial charge in [-0.25, -0.2) is 0 Å². The molecule has 2 rings (SSSR count). The van der Waals surface area contributed by atoms with Gasteiger partial charge in [0.05, 0.1) is 0 Å². The van der Waals surface area contributed by atoms with E-state index in [9.17, 15) is 0 Å².